The number of anilines is 1. The zero-order chi connectivity index (χ0) is 22.1. The van der Waals surface area contributed by atoms with E-state index in [0.29, 0.717) is 21.4 Å². The maximum absolute atomic E-state index is 14.6. The van der Waals surface area contributed by atoms with Gasteiger partial charge in [-0.05, 0) is 13.0 Å². The van der Waals surface area contributed by atoms with Gasteiger partial charge >= 0.3 is 6.09 Å². The van der Waals surface area contributed by atoms with Crippen LogP contribution in [0.25, 0.3) is 21.1 Å². The van der Waals surface area contributed by atoms with E-state index in [-0.39, 0.29) is 17.8 Å². The number of ether oxygens (including phenoxy) is 1. The normalized spacial score (nSPS) is 11.3. The lowest BCUT2D eigenvalue weighted by molar-refractivity contribution is 0.170. The van der Waals surface area contributed by atoms with E-state index in [2.05, 4.69) is 24.7 Å². The van der Waals surface area contributed by atoms with Crippen molar-refractivity contribution >= 4 is 44.5 Å². The van der Waals surface area contributed by atoms with Crippen molar-refractivity contribution in [2.75, 3.05) is 18.1 Å². The number of aromatic hydroxyl groups is 1. The second-order valence-corrected chi connectivity index (χ2v) is 9.82. The van der Waals surface area contributed by atoms with Gasteiger partial charge in [-0.3, -0.25) is 4.72 Å². The number of methoxy groups -OCH3 is 1. The Morgan fingerprint density at radius 1 is 1.33 bits per heavy atom. The third kappa shape index (κ3) is 5.04. The first-order valence-corrected chi connectivity index (χ1v) is 11.9. The first-order chi connectivity index (χ1) is 14.1. The van der Waals surface area contributed by atoms with Gasteiger partial charge in [0.2, 0.25) is 10.0 Å². The molecule has 0 spiro atoms. The lowest BCUT2D eigenvalue weighted by Crippen LogP contribution is -2.22. The quantitative estimate of drug-likeness (QED) is 0.469. The van der Waals surface area contributed by atoms with Crippen LogP contribution in [0.2, 0.25) is 0 Å². The summed E-state index contributed by atoms with van der Waals surface area (Å²) in [5.74, 6) is -1.15. The molecule has 2 heterocycles. The number of aryl methyl sites for hydroxylation is 1. The molecule has 0 radical (unpaired) electrons. The number of hydrogen-bond acceptors (Lipinski definition) is 9. The predicted octanol–water partition coefficient (Wildman–Crippen LogP) is 3.31. The number of nitrogens with zero attached hydrogens (tertiary/aromatic N) is 2. The largest absolute Gasteiger partial charge is 0.506 e. The molecule has 0 fully saturated rings. The minimum atomic E-state index is -3.67. The molecule has 9 nitrogen and oxygen atoms in total. The lowest BCUT2D eigenvalue weighted by Gasteiger charge is -2.08. The van der Waals surface area contributed by atoms with Crippen molar-refractivity contribution in [3.63, 3.8) is 0 Å². The topological polar surface area (TPSA) is 131 Å². The predicted molar refractivity (Wildman–Crippen MR) is 113 cm³/mol. The smallest absolute Gasteiger partial charge is 0.407 e. The molecule has 0 aliphatic rings. The van der Waals surface area contributed by atoms with E-state index in [1.807, 2.05) is 0 Å². The zero-order valence-electron chi connectivity index (χ0n) is 16.0. The number of thiazole rings is 2. The zero-order valence-corrected chi connectivity index (χ0v) is 18.5. The highest BCUT2D eigenvalue weighted by molar-refractivity contribution is 7.92. The number of sulfonamides is 1. The molecule has 0 aliphatic carbocycles. The second kappa shape index (κ2) is 8.53. The van der Waals surface area contributed by atoms with Crippen LogP contribution in [-0.2, 0) is 21.3 Å². The Hall–Kier alpha value is -2.77. The number of rotatable bonds is 6. The van der Waals surface area contributed by atoms with Gasteiger partial charge in [0.15, 0.2) is 0 Å². The fourth-order valence-electron chi connectivity index (χ4n) is 2.49. The molecule has 1 aromatic carbocycles. The summed E-state index contributed by atoms with van der Waals surface area (Å²) in [5, 5.41) is 15.3. The Bertz CT molecular complexity index is 1210. The van der Waals surface area contributed by atoms with Crippen LogP contribution in [-0.4, -0.2) is 43.0 Å². The minimum Gasteiger partial charge on any atom is -0.506 e. The number of halogens is 1. The Balaban J connectivity index is 1.87. The maximum atomic E-state index is 14.6. The van der Waals surface area contributed by atoms with Crippen molar-refractivity contribution in [3.05, 3.63) is 34.0 Å². The number of phenols is 1. The molecule has 13 heteroatoms. The molecule has 0 bridgehead atoms. The molecule has 160 valence electrons. The molecule has 0 atom stereocenters. The van der Waals surface area contributed by atoms with Crippen LogP contribution in [0.15, 0.2) is 17.5 Å². The summed E-state index contributed by atoms with van der Waals surface area (Å²) in [6.45, 7) is 2.00. The van der Waals surface area contributed by atoms with Gasteiger partial charge in [-0.1, -0.05) is 0 Å². The number of alkyl carbamates (subject to hydrolysis) is 1. The van der Waals surface area contributed by atoms with Crippen molar-refractivity contribution in [1.29, 1.82) is 0 Å². The van der Waals surface area contributed by atoms with Gasteiger partial charge < -0.3 is 15.2 Å². The third-order valence-electron chi connectivity index (χ3n) is 3.76. The van der Waals surface area contributed by atoms with Crippen LogP contribution in [0.1, 0.15) is 10.7 Å². The summed E-state index contributed by atoms with van der Waals surface area (Å²) in [5.41, 5.74) is 1.07. The van der Waals surface area contributed by atoms with Gasteiger partial charge in [-0.2, -0.15) is 0 Å². The van der Waals surface area contributed by atoms with Crippen molar-refractivity contribution in [1.82, 2.24) is 15.3 Å². The Kier molecular flexibility index (Phi) is 6.24. The van der Waals surface area contributed by atoms with Crippen molar-refractivity contribution < 1.29 is 27.4 Å². The highest BCUT2D eigenvalue weighted by Crippen LogP contribution is 2.38. The monoisotopic (exact) mass is 472 g/mol. The number of aromatic nitrogens is 2. The van der Waals surface area contributed by atoms with E-state index in [4.69, 9.17) is 0 Å². The molecular weight excluding hydrogens is 455 g/mol. The number of phenolic OH excluding ortho intramolecular Hbond substituents is 1. The Morgan fingerprint density at radius 3 is 2.73 bits per heavy atom. The van der Waals surface area contributed by atoms with Crippen LogP contribution in [0, 0.1) is 12.7 Å². The minimum absolute atomic E-state index is 0.0394. The molecule has 0 unspecified atom stereocenters. The van der Waals surface area contributed by atoms with E-state index in [1.54, 1.807) is 12.3 Å². The summed E-state index contributed by atoms with van der Waals surface area (Å²) in [4.78, 5) is 20.8. The first-order valence-electron chi connectivity index (χ1n) is 8.32. The van der Waals surface area contributed by atoms with Gasteiger partial charge in [-0.15, -0.1) is 22.7 Å². The number of amides is 1. The molecule has 30 heavy (non-hydrogen) atoms. The molecule has 1 amide bonds. The average Bonchev–Trinajstić information content (AvgIpc) is 3.27. The summed E-state index contributed by atoms with van der Waals surface area (Å²) in [7, 11) is -2.40. The Labute approximate surface area is 179 Å². The van der Waals surface area contributed by atoms with Crippen molar-refractivity contribution in [3.8, 4) is 26.9 Å². The fraction of sp³-hybridized carbons (Fsp3) is 0.235. The number of carbonyl (C=O) groups is 1. The summed E-state index contributed by atoms with van der Waals surface area (Å²) < 4.78 is 43.8. The van der Waals surface area contributed by atoms with Gasteiger partial charge in [0.25, 0.3) is 0 Å². The lowest BCUT2D eigenvalue weighted by atomic mass is 10.2. The van der Waals surface area contributed by atoms with Gasteiger partial charge in [0.05, 0.1) is 47.4 Å². The summed E-state index contributed by atoms with van der Waals surface area (Å²) in [6.07, 6.45) is 0.335. The SMILES string of the molecule is COC(=O)NCc1nc(C)c(-c2csc(-c3cc(O)c(NS(C)(=O)=O)cc3F)n2)s1. The highest BCUT2D eigenvalue weighted by atomic mass is 32.2. The summed E-state index contributed by atoms with van der Waals surface area (Å²) >= 11 is 2.50. The van der Waals surface area contributed by atoms with Gasteiger partial charge in [0, 0.05) is 11.4 Å². The van der Waals surface area contributed by atoms with Gasteiger partial charge in [0.1, 0.15) is 21.6 Å². The van der Waals surface area contributed by atoms with Crippen LogP contribution < -0.4 is 10.0 Å². The van der Waals surface area contributed by atoms with E-state index < -0.39 is 27.7 Å². The van der Waals surface area contributed by atoms with E-state index in [0.717, 1.165) is 23.3 Å². The molecule has 0 aliphatic heterocycles. The molecule has 2 aromatic heterocycles. The molecule has 3 N–H and O–H groups in total. The van der Waals surface area contributed by atoms with Crippen LogP contribution in [0.5, 0.6) is 5.75 Å². The van der Waals surface area contributed by atoms with Crippen LogP contribution in [0.3, 0.4) is 0 Å². The molecule has 0 saturated carbocycles. The number of benzene rings is 1. The molecule has 3 aromatic rings. The number of nitrogens with one attached hydrogen (secondary N) is 2. The first kappa shape index (κ1) is 21.9. The van der Waals surface area contributed by atoms with Crippen molar-refractivity contribution in [2.24, 2.45) is 0 Å². The fourth-order valence-corrected chi connectivity index (χ4v) is 4.93. The van der Waals surface area contributed by atoms with E-state index >= 15 is 0 Å². The van der Waals surface area contributed by atoms with E-state index in [9.17, 15) is 22.7 Å². The highest BCUT2D eigenvalue weighted by Gasteiger charge is 2.18. The average molecular weight is 473 g/mol. The Morgan fingerprint density at radius 2 is 2.07 bits per heavy atom. The standard InChI is InChI=1S/C17H17FN4O5S3/c1-8-15(29-14(20-8)6-19-17(24)27-2)12-7-28-16(21-12)9-4-13(23)11(5-10(9)18)22-30(3,25)26/h4-5,7,22-23H,6H2,1-3H3,(H,19,24). The van der Waals surface area contributed by atoms with Crippen LogP contribution >= 0.6 is 22.7 Å². The van der Waals surface area contributed by atoms with E-state index in [1.165, 1.54) is 29.8 Å². The maximum Gasteiger partial charge on any atom is 0.407 e. The molecular formula is C17H17FN4O5S3. The molecule has 0 saturated heterocycles. The molecule has 3 rings (SSSR count). The second-order valence-electron chi connectivity index (χ2n) is 6.13. The van der Waals surface area contributed by atoms with Crippen LogP contribution in [0.4, 0.5) is 14.9 Å². The van der Waals surface area contributed by atoms with Gasteiger partial charge in [-0.25, -0.2) is 27.6 Å². The third-order valence-corrected chi connectivity index (χ3v) is 6.40. The summed E-state index contributed by atoms with van der Waals surface area (Å²) in [6, 6.07) is 2.03. The van der Waals surface area contributed by atoms with Crippen molar-refractivity contribution in [2.45, 2.75) is 13.5 Å². The number of carbonyl (C=O) groups excluding carboxylic acids is 1. The number of hydrogen-bond donors (Lipinski definition) is 3.